The summed E-state index contributed by atoms with van der Waals surface area (Å²) in [5.74, 6) is -1.43. The number of carbonyl (C=O) groups is 2. The highest BCUT2D eigenvalue weighted by molar-refractivity contribution is 6.00. The first-order valence-corrected chi connectivity index (χ1v) is 11.5. The van der Waals surface area contributed by atoms with Gasteiger partial charge in [0.2, 0.25) is 17.6 Å². The molecular formula is C24H23F3N6O3. The maximum Gasteiger partial charge on any atom is 0.471 e. The average Bonchev–Trinajstić information content (AvgIpc) is 3.52. The molecular weight excluding hydrogens is 477 g/mol. The van der Waals surface area contributed by atoms with E-state index in [0.29, 0.717) is 44.1 Å². The van der Waals surface area contributed by atoms with Gasteiger partial charge in [0.1, 0.15) is 5.82 Å². The highest BCUT2D eigenvalue weighted by atomic mass is 19.4. The van der Waals surface area contributed by atoms with Crippen LogP contribution < -0.4 is 9.80 Å². The highest BCUT2D eigenvalue weighted by Crippen LogP contribution is 2.30. The van der Waals surface area contributed by atoms with Gasteiger partial charge in [-0.1, -0.05) is 22.9 Å². The Hall–Kier alpha value is -3.96. The summed E-state index contributed by atoms with van der Waals surface area (Å²) in [5, 5.41) is 3.36. The number of piperazine rings is 1. The van der Waals surface area contributed by atoms with Gasteiger partial charge in [-0.15, -0.1) is 0 Å². The molecule has 2 amide bonds. The minimum absolute atomic E-state index is 0.0292. The zero-order chi connectivity index (χ0) is 25.4. The van der Waals surface area contributed by atoms with Crippen LogP contribution in [0.3, 0.4) is 0 Å². The number of carbonyl (C=O) groups excluding carboxylic acids is 2. The van der Waals surface area contributed by atoms with E-state index in [-0.39, 0.29) is 30.0 Å². The Morgan fingerprint density at radius 1 is 1.06 bits per heavy atom. The van der Waals surface area contributed by atoms with Crippen LogP contribution >= 0.6 is 0 Å². The van der Waals surface area contributed by atoms with E-state index in [9.17, 15) is 22.8 Å². The van der Waals surface area contributed by atoms with Crippen LogP contribution in [0.4, 0.5) is 24.7 Å². The first-order valence-electron chi connectivity index (χ1n) is 11.5. The maximum absolute atomic E-state index is 13.1. The number of hydrogen-bond acceptors (Lipinski definition) is 7. The fraction of sp³-hybridized carbons (Fsp3) is 0.375. The quantitative estimate of drug-likeness (QED) is 0.543. The van der Waals surface area contributed by atoms with Crippen molar-refractivity contribution in [1.82, 2.24) is 20.0 Å². The molecule has 1 atom stereocenters. The summed E-state index contributed by atoms with van der Waals surface area (Å²) in [6.07, 6.45) is -3.12. The Kier molecular flexibility index (Phi) is 6.10. The zero-order valence-electron chi connectivity index (χ0n) is 19.4. The summed E-state index contributed by atoms with van der Waals surface area (Å²) in [6.45, 7) is 4.40. The fourth-order valence-corrected chi connectivity index (χ4v) is 4.42. The predicted octanol–water partition coefficient (Wildman–Crippen LogP) is 3.16. The smallest absolute Gasteiger partial charge is 0.353 e. The number of rotatable bonds is 4. The molecule has 0 saturated carbocycles. The van der Waals surface area contributed by atoms with Crippen molar-refractivity contribution >= 4 is 23.3 Å². The van der Waals surface area contributed by atoms with Gasteiger partial charge in [0, 0.05) is 56.6 Å². The minimum Gasteiger partial charge on any atom is -0.353 e. The van der Waals surface area contributed by atoms with E-state index in [4.69, 9.17) is 0 Å². The first-order chi connectivity index (χ1) is 17.2. The molecule has 3 aromatic rings. The Bertz CT molecular complexity index is 1250. The number of alkyl halides is 3. The molecule has 36 heavy (non-hydrogen) atoms. The van der Waals surface area contributed by atoms with Gasteiger partial charge in [0.15, 0.2) is 0 Å². The average molecular weight is 500 g/mol. The summed E-state index contributed by atoms with van der Waals surface area (Å²) in [5.41, 5.74) is 2.21. The largest absolute Gasteiger partial charge is 0.471 e. The van der Waals surface area contributed by atoms with Crippen molar-refractivity contribution in [3.63, 3.8) is 0 Å². The van der Waals surface area contributed by atoms with Crippen molar-refractivity contribution in [2.24, 2.45) is 5.92 Å². The third kappa shape index (κ3) is 4.75. The molecule has 0 aliphatic carbocycles. The molecule has 0 N–H and O–H groups in total. The van der Waals surface area contributed by atoms with E-state index in [0.717, 1.165) is 11.3 Å². The number of anilines is 2. The second kappa shape index (κ2) is 9.25. The summed E-state index contributed by atoms with van der Waals surface area (Å²) in [4.78, 5) is 38.8. The van der Waals surface area contributed by atoms with Crippen molar-refractivity contribution in [2.45, 2.75) is 19.5 Å². The van der Waals surface area contributed by atoms with Crippen LogP contribution in [0.25, 0.3) is 11.4 Å². The van der Waals surface area contributed by atoms with Gasteiger partial charge < -0.3 is 19.2 Å². The Labute approximate surface area is 204 Å². The highest BCUT2D eigenvalue weighted by Gasteiger charge is 2.39. The number of nitrogens with zero attached hydrogens (tertiary/aromatic N) is 6. The van der Waals surface area contributed by atoms with E-state index < -0.39 is 12.1 Å². The van der Waals surface area contributed by atoms with Crippen molar-refractivity contribution in [2.75, 3.05) is 42.5 Å². The topological polar surface area (TPSA) is 95.7 Å². The lowest BCUT2D eigenvalue weighted by atomic mass is 10.1. The molecule has 0 spiro atoms. The molecule has 1 aromatic carbocycles. The molecule has 188 valence electrons. The lowest BCUT2D eigenvalue weighted by Gasteiger charge is -2.36. The van der Waals surface area contributed by atoms with Crippen LogP contribution in [0.5, 0.6) is 0 Å². The second-order valence-electron chi connectivity index (χ2n) is 8.88. The van der Waals surface area contributed by atoms with Gasteiger partial charge in [-0.25, -0.2) is 4.98 Å². The Balaban J connectivity index is 1.17. The lowest BCUT2D eigenvalue weighted by Crippen LogP contribution is -2.51. The fourth-order valence-electron chi connectivity index (χ4n) is 4.42. The number of aryl methyl sites for hydroxylation is 1. The van der Waals surface area contributed by atoms with Crippen molar-refractivity contribution in [1.29, 1.82) is 0 Å². The summed E-state index contributed by atoms with van der Waals surface area (Å²) in [6, 6.07) is 10.9. The molecule has 12 heteroatoms. The first kappa shape index (κ1) is 23.8. The Morgan fingerprint density at radius 2 is 1.78 bits per heavy atom. The summed E-state index contributed by atoms with van der Waals surface area (Å²) >= 11 is 0. The van der Waals surface area contributed by atoms with E-state index in [1.807, 2.05) is 36.1 Å². The molecule has 0 bridgehead atoms. The molecule has 2 aliphatic heterocycles. The van der Waals surface area contributed by atoms with E-state index in [2.05, 4.69) is 19.6 Å². The van der Waals surface area contributed by atoms with Crippen molar-refractivity contribution in [3.05, 3.63) is 54.0 Å². The van der Waals surface area contributed by atoms with Crippen LogP contribution in [0.2, 0.25) is 0 Å². The SMILES string of the molecule is Cc1ccc(N2CC(C(=O)N3CCN(c4ccc(-c5noc(C(F)(F)F)n5)cn4)CC3)CC2=O)cc1. The minimum atomic E-state index is -4.71. The van der Waals surface area contributed by atoms with Crippen LogP contribution in [-0.4, -0.2) is 64.6 Å². The molecule has 0 radical (unpaired) electrons. The van der Waals surface area contributed by atoms with E-state index in [1.165, 1.54) is 6.20 Å². The maximum atomic E-state index is 13.1. The van der Waals surface area contributed by atoms with Crippen molar-refractivity contribution < 1.29 is 27.3 Å². The molecule has 4 heterocycles. The number of amides is 2. The van der Waals surface area contributed by atoms with Gasteiger partial charge >= 0.3 is 12.1 Å². The van der Waals surface area contributed by atoms with Crippen LogP contribution in [0, 0.1) is 12.8 Å². The van der Waals surface area contributed by atoms with Gasteiger partial charge in [-0.05, 0) is 31.2 Å². The third-order valence-electron chi connectivity index (χ3n) is 6.41. The van der Waals surface area contributed by atoms with Gasteiger partial charge in [0.05, 0.1) is 5.92 Å². The van der Waals surface area contributed by atoms with Crippen molar-refractivity contribution in [3.8, 4) is 11.4 Å². The third-order valence-corrected chi connectivity index (χ3v) is 6.41. The van der Waals surface area contributed by atoms with Crippen LogP contribution in [-0.2, 0) is 15.8 Å². The molecule has 2 saturated heterocycles. The standard InChI is InChI=1S/C24H23F3N6O3/c1-15-2-5-18(6-3-15)33-14-17(12-20(33)34)22(35)32-10-8-31(9-11-32)19-7-4-16(13-28-19)21-29-23(36-30-21)24(25,26)27/h2-7,13,17H,8-12,14H2,1H3. The normalized spacial score (nSPS) is 18.7. The number of benzene rings is 1. The molecule has 9 nitrogen and oxygen atoms in total. The van der Waals surface area contributed by atoms with Crippen LogP contribution in [0.15, 0.2) is 47.1 Å². The van der Waals surface area contributed by atoms with E-state index in [1.54, 1.807) is 21.9 Å². The second-order valence-corrected chi connectivity index (χ2v) is 8.88. The number of halogens is 3. The van der Waals surface area contributed by atoms with Gasteiger partial charge in [0.25, 0.3) is 0 Å². The summed E-state index contributed by atoms with van der Waals surface area (Å²) < 4.78 is 42.3. The molecule has 2 aromatic heterocycles. The van der Waals surface area contributed by atoms with Gasteiger partial charge in [-0.3, -0.25) is 9.59 Å². The zero-order valence-corrected chi connectivity index (χ0v) is 19.4. The lowest BCUT2D eigenvalue weighted by molar-refractivity contribution is -0.159. The molecule has 2 aliphatic rings. The van der Waals surface area contributed by atoms with E-state index >= 15 is 0 Å². The number of pyridine rings is 1. The molecule has 2 fully saturated rings. The number of hydrogen-bond donors (Lipinski definition) is 0. The molecule has 5 rings (SSSR count). The monoisotopic (exact) mass is 500 g/mol. The predicted molar refractivity (Wildman–Crippen MR) is 123 cm³/mol. The van der Waals surface area contributed by atoms with Gasteiger partial charge in [-0.2, -0.15) is 18.2 Å². The molecule has 1 unspecified atom stereocenters. The number of aromatic nitrogens is 3. The Morgan fingerprint density at radius 3 is 2.39 bits per heavy atom. The summed E-state index contributed by atoms with van der Waals surface area (Å²) in [7, 11) is 0. The van der Waals surface area contributed by atoms with Crippen LogP contribution in [0.1, 0.15) is 17.9 Å².